The van der Waals surface area contributed by atoms with Crippen LogP contribution in [-0.2, 0) is 0 Å². The molecular formula is C117H73N9. The average Bonchev–Trinajstić information content (AvgIpc) is 1.58. The van der Waals surface area contributed by atoms with Gasteiger partial charge >= 0.3 is 0 Å². The molecule has 26 rings (SSSR count). The first-order valence-electron chi connectivity index (χ1n) is 43.0. The SMILES string of the molecule is c1ccc(-c2cccc(-c3cccc(-c4nc(-n5c6ccc(-c7ccc8c(c7)c7ccccc7n8-c7ccccc7)cc6c6cc(-c7ccc8c(c7)c7ccccc7n8-c7ccccc7)ccc65)nc(-n5c6ccc(-c7ccc8c(c7)c7ccccc7n8-c7ccccc7)cc6c6cc(-c7ccc8c(c7)c7ccccc7n8-c7ccccc7)ccc65)n4)c3)c2)cc1. The van der Waals surface area contributed by atoms with Gasteiger partial charge in [-0.3, -0.25) is 9.13 Å². The maximum absolute atomic E-state index is 5.95. The molecule has 0 unspecified atom stereocenters. The van der Waals surface area contributed by atoms with E-state index in [1.165, 1.54) is 43.1 Å². The highest BCUT2D eigenvalue weighted by atomic mass is 15.3. The lowest BCUT2D eigenvalue weighted by molar-refractivity contribution is 0.893. The van der Waals surface area contributed by atoms with Crippen molar-refractivity contribution in [2.45, 2.75) is 0 Å². The Bertz CT molecular complexity index is 8070. The van der Waals surface area contributed by atoms with Gasteiger partial charge < -0.3 is 18.3 Å². The first kappa shape index (κ1) is 70.8. The van der Waals surface area contributed by atoms with Gasteiger partial charge in [0, 0.05) is 92.9 Å². The van der Waals surface area contributed by atoms with E-state index in [0.717, 1.165) is 183 Å². The summed E-state index contributed by atoms with van der Waals surface area (Å²) in [4.78, 5) is 17.6. The summed E-state index contributed by atoms with van der Waals surface area (Å²) in [5, 5.41) is 13.8. The van der Waals surface area contributed by atoms with Crippen LogP contribution in [0.1, 0.15) is 0 Å². The Balaban J connectivity index is 0.711. The fourth-order valence-corrected chi connectivity index (χ4v) is 20.3. The summed E-state index contributed by atoms with van der Waals surface area (Å²) in [7, 11) is 0. The number of para-hydroxylation sites is 8. The summed E-state index contributed by atoms with van der Waals surface area (Å²) in [6, 6.07) is 162. The molecule has 19 aromatic carbocycles. The summed E-state index contributed by atoms with van der Waals surface area (Å²) in [6.45, 7) is 0. The van der Waals surface area contributed by atoms with Gasteiger partial charge in [0.1, 0.15) is 0 Å². The maximum atomic E-state index is 5.95. The average molecular weight is 1600 g/mol. The predicted octanol–water partition coefficient (Wildman–Crippen LogP) is 30.1. The van der Waals surface area contributed by atoms with Crippen molar-refractivity contribution in [3.05, 3.63) is 443 Å². The third-order valence-electron chi connectivity index (χ3n) is 26.0. The van der Waals surface area contributed by atoms with Crippen LogP contribution >= 0.6 is 0 Å². The molecule has 7 heterocycles. The zero-order valence-corrected chi connectivity index (χ0v) is 68.2. The van der Waals surface area contributed by atoms with E-state index in [-0.39, 0.29) is 0 Å². The fraction of sp³-hybridized carbons (Fsp3) is 0. The normalized spacial score (nSPS) is 12.0. The first-order chi connectivity index (χ1) is 62.5. The van der Waals surface area contributed by atoms with Crippen LogP contribution < -0.4 is 0 Å². The fourth-order valence-electron chi connectivity index (χ4n) is 20.3. The Labute approximate surface area is 724 Å². The maximum Gasteiger partial charge on any atom is 0.240 e. The molecule has 0 spiro atoms. The lowest BCUT2D eigenvalue weighted by atomic mass is 9.98. The molecule has 0 atom stereocenters. The second-order valence-corrected chi connectivity index (χ2v) is 33.1. The highest BCUT2D eigenvalue weighted by molar-refractivity contribution is 6.18. The van der Waals surface area contributed by atoms with E-state index in [9.17, 15) is 0 Å². The van der Waals surface area contributed by atoms with Gasteiger partial charge in [0.05, 0.1) is 66.2 Å². The quantitative estimate of drug-likeness (QED) is 0.116. The van der Waals surface area contributed by atoms with Gasteiger partial charge in [-0.2, -0.15) is 15.0 Å². The molecule has 0 bridgehead atoms. The van der Waals surface area contributed by atoms with Gasteiger partial charge in [-0.05, 0) is 249 Å². The lowest BCUT2D eigenvalue weighted by Gasteiger charge is -2.14. The van der Waals surface area contributed by atoms with E-state index in [2.05, 4.69) is 470 Å². The van der Waals surface area contributed by atoms with Crippen molar-refractivity contribution in [2.75, 3.05) is 0 Å². The van der Waals surface area contributed by atoms with Crippen LogP contribution in [0.2, 0.25) is 0 Å². The van der Waals surface area contributed by atoms with Crippen LogP contribution in [0.5, 0.6) is 0 Å². The van der Waals surface area contributed by atoms with Crippen molar-refractivity contribution in [3.63, 3.8) is 0 Å². The van der Waals surface area contributed by atoms with Crippen LogP contribution in [0, 0.1) is 0 Å². The third-order valence-corrected chi connectivity index (χ3v) is 26.0. The van der Waals surface area contributed by atoms with Gasteiger partial charge in [0.2, 0.25) is 11.9 Å². The Morgan fingerprint density at radius 2 is 0.310 bits per heavy atom. The number of hydrogen-bond acceptors (Lipinski definition) is 3. The molecule has 7 aromatic heterocycles. The summed E-state index contributed by atoms with van der Waals surface area (Å²) >= 11 is 0. The molecular weight excluding hydrogens is 1530 g/mol. The van der Waals surface area contributed by atoms with Gasteiger partial charge in [0.25, 0.3) is 0 Å². The molecule has 0 aliphatic carbocycles. The Morgan fingerprint density at radius 3 is 0.587 bits per heavy atom. The van der Waals surface area contributed by atoms with Crippen molar-refractivity contribution in [1.82, 2.24) is 42.4 Å². The molecule has 0 fully saturated rings. The molecule has 0 radical (unpaired) electrons. The highest BCUT2D eigenvalue weighted by Gasteiger charge is 2.26. The molecule has 26 aromatic rings. The lowest BCUT2D eigenvalue weighted by Crippen LogP contribution is -2.10. The molecule has 0 aliphatic rings. The van der Waals surface area contributed by atoms with Crippen LogP contribution in [0.25, 0.3) is 244 Å². The van der Waals surface area contributed by atoms with Gasteiger partial charge in [0.15, 0.2) is 5.82 Å². The largest absolute Gasteiger partial charge is 0.309 e. The van der Waals surface area contributed by atoms with Gasteiger partial charge in [-0.1, -0.05) is 261 Å². The number of nitrogens with zero attached hydrogens (tertiary/aromatic N) is 9. The zero-order valence-electron chi connectivity index (χ0n) is 68.2. The molecule has 9 heteroatoms. The second kappa shape index (κ2) is 28.3. The Morgan fingerprint density at radius 1 is 0.119 bits per heavy atom. The molecule has 586 valence electrons. The third kappa shape index (κ3) is 11.2. The number of aromatic nitrogens is 9. The van der Waals surface area contributed by atoms with E-state index in [1.54, 1.807) is 0 Å². The minimum Gasteiger partial charge on any atom is -0.309 e. The summed E-state index contributed by atoms with van der Waals surface area (Å²) in [6.07, 6.45) is 0. The summed E-state index contributed by atoms with van der Waals surface area (Å²) < 4.78 is 14.1. The molecule has 0 amide bonds. The van der Waals surface area contributed by atoms with E-state index in [0.29, 0.717) is 17.7 Å². The molecule has 9 nitrogen and oxygen atoms in total. The minimum atomic E-state index is 0.478. The molecule has 0 saturated carbocycles. The number of hydrogen-bond donors (Lipinski definition) is 0. The van der Waals surface area contributed by atoms with Crippen molar-refractivity contribution >= 4 is 131 Å². The van der Waals surface area contributed by atoms with Crippen molar-refractivity contribution in [2.24, 2.45) is 0 Å². The number of benzene rings is 19. The minimum absolute atomic E-state index is 0.478. The zero-order chi connectivity index (χ0) is 82.6. The Hall–Kier alpha value is -17.0. The van der Waals surface area contributed by atoms with E-state index in [4.69, 9.17) is 15.0 Å². The summed E-state index contributed by atoms with van der Waals surface area (Å²) in [5.74, 6) is 1.48. The summed E-state index contributed by atoms with van der Waals surface area (Å²) in [5.41, 5.74) is 31.6. The van der Waals surface area contributed by atoms with Crippen LogP contribution in [0.3, 0.4) is 0 Å². The van der Waals surface area contributed by atoms with E-state index in [1.807, 2.05) is 0 Å². The first-order valence-corrected chi connectivity index (χ1v) is 43.0. The molecule has 0 aliphatic heterocycles. The standard InChI is InChI=1S/C117H73N9/c1-6-26-74(27-7-1)75-28-24-29-76(64-75)77-30-25-31-86(65-77)115-118-116(125-111-60-52-82(78-48-56-107-95(66-78)91-40-16-20-44-103(91)121(107)87-32-8-2-9-33-87)70-99(111)100-71-83(53-61-112(100)125)79-49-57-108-96(67-79)92-41-17-21-45-104(92)122(108)88-34-10-3-11-35-88)120-117(119-115)126-113-62-54-84(80-50-58-109-97(68-80)93-42-18-22-46-105(93)123(109)89-36-12-4-13-37-89)72-101(113)102-73-85(55-63-114(102)126)81-51-59-110-98(69-81)94-43-19-23-47-106(94)124(110)90-38-14-5-15-39-90/h1-73H. The smallest absolute Gasteiger partial charge is 0.240 e. The van der Waals surface area contributed by atoms with Crippen molar-refractivity contribution in [3.8, 4) is 113 Å². The topological polar surface area (TPSA) is 68.2 Å². The van der Waals surface area contributed by atoms with E-state index >= 15 is 0 Å². The molecule has 0 N–H and O–H groups in total. The Kier molecular flexibility index (Phi) is 15.9. The van der Waals surface area contributed by atoms with Crippen molar-refractivity contribution < 1.29 is 0 Å². The monoisotopic (exact) mass is 1600 g/mol. The van der Waals surface area contributed by atoms with Crippen molar-refractivity contribution in [1.29, 1.82) is 0 Å². The molecule has 126 heavy (non-hydrogen) atoms. The van der Waals surface area contributed by atoms with Gasteiger partial charge in [-0.25, -0.2) is 0 Å². The second-order valence-electron chi connectivity index (χ2n) is 33.1. The highest BCUT2D eigenvalue weighted by Crippen LogP contribution is 2.46. The van der Waals surface area contributed by atoms with E-state index < -0.39 is 0 Å². The van der Waals surface area contributed by atoms with Crippen LogP contribution in [0.15, 0.2) is 443 Å². The molecule has 0 saturated heterocycles. The predicted molar refractivity (Wildman–Crippen MR) is 524 cm³/mol. The number of rotatable bonds is 13. The van der Waals surface area contributed by atoms with Gasteiger partial charge in [-0.15, -0.1) is 0 Å². The van der Waals surface area contributed by atoms with Crippen LogP contribution in [-0.4, -0.2) is 42.4 Å². The number of fused-ring (bicyclic) bond motifs is 18. The van der Waals surface area contributed by atoms with Crippen LogP contribution in [0.4, 0.5) is 0 Å².